The van der Waals surface area contributed by atoms with Crippen LogP contribution in [0, 0.1) is 28.1 Å². The Bertz CT molecular complexity index is 2720. The quantitative estimate of drug-likeness (QED) is 0.0453. The van der Waals surface area contributed by atoms with Gasteiger partial charge in [-0.2, -0.15) is 5.26 Å². The SMILES string of the molecule is CC1(C)CC(C)(C)C1Oc1ccc(C#N)c(Cl)c1.CCC.CN(COC(=O)NCCNC(=O)CNC(=O)OC(C)(C)C)C(=O)C(CCC=O)N(C)C(=O)c1ccc(N2CCN(CC3CCN(c4ccc(C(N)=O)cc4)CC3)CC2)cc1C=O. The van der Waals surface area contributed by atoms with Crippen LogP contribution >= 0.6 is 11.6 Å². The van der Waals surface area contributed by atoms with E-state index in [9.17, 15) is 38.4 Å². The van der Waals surface area contributed by atoms with E-state index in [1.54, 1.807) is 63.2 Å². The number of nitrogens with two attached hydrogens (primary N) is 1. The number of rotatable bonds is 21. The highest BCUT2D eigenvalue weighted by molar-refractivity contribution is 6.31. The van der Waals surface area contributed by atoms with Gasteiger partial charge in [0.2, 0.25) is 17.7 Å². The van der Waals surface area contributed by atoms with Crippen LogP contribution in [-0.2, 0) is 23.9 Å². The molecule has 21 nitrogen and oxygen atoms in total. The molecule has 1 unspecified atom stereocenters. The van der Waals surface area contributed by atoms with Crippen molar-refractivity contribution in [2.75, 3.05) is 96.1 Å². The molecule has 3 aromatic rings. The number of piperazine rings is 1. The normalized spacial score (nSPS) is 16.0. The van der Waals surface area contributed by atoms with Gasteiger partial charge in [0.05, 0.1) is 22.7 Å². The van der Waals surface area contributed by atoms with Crippen LogP contribution in [0.5, 0.6) is 5.75 Å². The van der Waals surface area contributed by atoms with Crippen molar-refractivity contribution >= 4 is 71.4 Å². The number of carbonyl (C=O) groups excluding carboxylic acids is 8. The summed E-state index contributed by atoms with van der Waals surface area (Å²) in [5, 5.41) is 16.6. The highest BCUT2D eigenvalue weighted by Gasteiger charge is 2.55. The standard InChI is InChI=1S/C43H61N9O10.C15H18ClNO.C3H8/c1-43(2,3)62-42(60)47-26-37(55)45-16-17-46-41(59)61-29-48(4)40(58)36(7-6-24-53)49(5)39(57)35-13-12-34(25-32(35)28-54)52-22-20-50(21-23-52)27-30-14-18-51(19-15-30)33-10-8-31(9-11-33)38(44)56;1-14(2)9-15(3,4)13(14)18-11-6-5-10(8-17)12(16)7-11;1-3-2/h8-13,24-25,28,30,36H,6-7,14-23,26-27,29H2,1-5H3,(H2,44,56)(H,45,55)(H,46,59)(H,47,60);5-7,13H,9H2,1-4H3;3H2,1-2H3. The molecule has 0 radical (unpaired) electrons. The van der Waals surface area contributed by atoms with Crippen LogP contribution in [0.3, 0.4) is 0 Å². The number of anilines is 2. The second-order valence-electron chi connectivity index (χ2n) is 23.5. The van der Waals surface area contributed by atoms with E-state index in [1.165, 1.54) is 25.4 Å². The van der Waals surface area contributed by atoms with E-state index < -0.39 is 54.2 Å². The molecule has 454 valence electrons. The van der Waals surface area contributed by atoms with E-state index in [-0.39, 0.29) is 60.5 Å². The number of benzene rings is 3. The van der Waals surface area contributed by atoms with Crippen molar-refractivity contribution < 1.29 is 52.6 Å². The number of ether oxygens (including phenoxy) is 3. The van der Waals surface area contributed by atoms with Crippen LogP contribution in [0.1, 0.15) is 137 Å². The Morgan fingerprint density at radius 1 is 0.831 bits per heavy atom. The lowest BCUT2D eigenvalue weighted by atomic mass is 9.53. The number of nitrogens with zero attached hydrogens (tertiary/aromatic N) is 6. The molecule has 22 heteroatoms. The Kier molecular flexibility index (Phi) is 26.1. The van der Waals surface area contributed by atoms with Gasteiger partial charge in [0.25, 0.3) is 5.91 Å². The minimum Gasteiger partial charge on any atom is -0.489 e. The molecule has 0 aromatic heterocycles. The third-order valence-electron chi connectivity index (χ3n) is 14.3. The Morgan fingerprint density at radius 2 is 1.43 bits per heavy atom. The lowest BCUT2D eigenvalue weighted by Crippen LogP contribution is -2.58. The van der Waals surface area contributed by atoms with E-state index in [0.717, 1.165) is 87.1 Å². The average molecular weight is 1170 g/mol. The first-order chi connectivity index (χ1) is 39.2. The fraction of sp³-hybridized carbons (Fsp3) is 0.557. The lowest BCUT2D eigenvalue weighted by molar-refractivity contribution is -0.138. The van der Waals surface area contributed by atoms with Crippen molar-refractivity contribution in [3.8, 4) is 11.8 Å². The monoisotopic (exact) mass is 1170 g/mol. The summed E-state index contributed by atoms with van der Waals surface area (Å²) in [6.07, 6.45) is 4.31. The summed E-state index contributed by atoms with van der Waals surface area (Å²) in [6, 6.07) is 18.7. The predicted molar refractivity (Wildman–Crippen MR) is 320 cm³/mol. The van der Waals surface area contributed by atoms with Gasteiger partial charge in [-0.3, -0.25) is 28.9 Å². The third kappa shape index (κ3) is 21.1. The number of hydrogen-bond acceptors (Lipinski definition) is 15. The Labute approximate surface area is 494 Å². The molecule has 3 fully saturated rings. The molecule has 2 aliphatic heterocycles. The van der Waals surface area contributed by atoms with Crippen molar-refractivity contribution in [3.63, 3.8) is 0 Å². The van der Waals surface area contributed by atoms with Crippen LogP contribution in [-0.4, -0.2) is 167 Å². The molecule has 0 bridgehead atoms. The molecule has 6 amide bonds. The predicted octanol–water partition coefficient (Wildman–Crippen LogP) is 7.67. The van der Waals surface area contributed by atoms with Gasteiger partial charge in [0, 0.05) is 119 Å². The molecular weight excluding hydrogens is 1080 g/mol. The summed E-state index contributed by atoms with van der Waals surface area (Å²) in [7, 11) is 2.80. The van der Waals surface area contributed by atoms with Gasteiger partial charge in [-0.15, -0.1) is 0 Å². The number of alkyl carbamates (subject to hydrolysis) is 2. The molecular formula is C61H87ClN10O11. The minimum atomic E-state index is -1.11. The summed E-state index contributed by atoms with van der Waals surface area (Å²) in [5.74, 6) is -0.806. The molecule has 3 aliphatic rings. The molecule has 1 saturated carbocycles. The van der Waals surface area contributed by atoms with Crippen molar-refractivity contribution in [1.29, 1.82) is 5.26 Å². The van der Waals surface area contributed by atoms with Gasteiger partial charge < -0.3 is 60.3 Å². The largest absolute Gasteiger partial charge is 0.489 e. The minimum absolute atomic E-state index is 0.00626. The zero-order valence-corrected chi connectivity index (χ0v) is 51.1. The maximum Gasteiger partial charge on any atom is 0.408 e. The highest BCUT2D eigenvalue weighted by Crippen LogP contribution is 2.55. The van der Waals surface area contributed by atoms with Gasteiger partial charge in [-0.25, -0.2) is 9.59 Å². The second kappa shape index (κ2) is 31.8. The Balaban J connectivity index is 0.000000587. The number of carbonyl (C=O) groups is 8. The summed E-state index contributed by atoms with van der Waals surface area (Å²) in [4.78, 5) is 108. The second-order valence-corrected chi connectivity index (χ2v) is 23.9. The van der Waals surface area contributed by atoms with E-state index in [2.05, 4.69) is 72.2 Å². The first-order valence-electron chi connectivity index (χ1n) is 28.3. The van der Waals surface area contributed by atoms with Gasteiger partial charge in [-0.05, 0) is 107 Å². The fourth-order valence-electron chi connectivity index (χ4n) is 10.7. The molecule has 0 spiro atoms. The van der Waals surface area contributed by atoms with Crippen LogP contribution in [0.4, 0.5) is 21.0 Å². The average Bonchev–Trinajstić information content (AvgIpc) is 3.44. The number of likely N-dealkylation sites (N-methyl/N-ethyl adjacent to an activating group) is 2. The molecule has 3 aromatic carbocycles. The maximum atomic E-state index is 13.8. The molecule has 1 aliphatic carbocycles. The van der Waals surface area contributed by atoms with Gasteiger partial charge in [-0.1, -0.05) is 59.6 Å². The van der Waals surface area contributed by atoms with Gasteiger partial charge in [0.15, 0.2) is 13.0 Å². The van der Waals surface area contributed by atoms with E-state index in [4.69, 9.17) is 36.8 Å². The van der Waals surface area contributed by atoms with Crippen LogP contribution < -0.4 is 36.2 Å². The van der Waals surface area contributed by atoms with Crippen LogP contribution in [0.15, 0.2) is 60.7 Å². The number of nitriles is 1. The Morgan fingerprint density at radius 3 is 1.99 bits per heavy atom. The number of nitrogens with one attached hydrogen (secondary N) is 3. The molecule has 2 saturated heterocycles. The first kappa shape index (κ1) is 68.1. The van der Waals surface area contributed by atoms with Crippen molar-refractivity contribution in [2.24, 2.45) is 22.5 Å². The fourth-order valence-corrected chi connectivity index (χ4v) is 10.9. The number of halogens is 1. The van der Waals surface area contributed by atoms with Crippen LogP contribution in [0.25, 0.3) is 0 Å². The van der Waals surface area contributed by atoms with Crippen molar-refractivity contribution in [3.05, 3.63) is 87.9 Å². The van der Waals surface area contributed by atoms with E-state index in [0.29, 0.717) is 34.6 Å². The lowest BCUT2D eigenvalue weighted by Gasteiger charge is -2.56. The number of primary amides is 1. The molecule has 83 heavy (non-hydrogen) atoms. The molecule has 1 atom stereocenters. The Hall–Kier alpha value is -7.44. The summed E-state index contributed by atoms with van der Waals surface area (Å²) in [5.41, 5.74) is 8.19. The molecule has 2 heterocycles. The number of piperidine rings is 1. The van der Waals surface area contributed by atoms with E-state index in [1.807, 2.05) is 24.3 Å². The maximum absolute atomic E-state index is 13.8. The zero-order chi connectivity index (χ0) is 61.7. The highest BCUT2D eigenvalue weighted by atomic mass is 35.5. The molecule has 5 N–H and O–H groups in total. The van der Waals surface area contributed by atoms with Crippen molar-refractivity contribution in [2.45, 2.75) is 119 Å². The first-order valence-corrected chi connectivity index (χ1v) is 28.7. The van der Waals surface area contributed by atoms with E-state index >= 15 is 0 Å². The van der Waals surface area contributed by atoms with Gasteiger partial charge in [0.1, 0.15) is 35.9 Å². The summed E-state index contributed by atoms with van der Waals surface area (Å²) in [6.45, 7) is 23.5. The number of amides is 6. The summed E-state index contributed by atoms with van der Waals surface area (Å²) >= 11 is 6.01. The zero-order valence-electron chi connectivity index (χ0n) is 50.3. The number of aldehydes is 2. The number of hydrogen-bond donors (Lipinski definition) is 4. The summed E-state index contributed by atoms with van der Waals surface area (Å²) < 4.78 is 16.3. The van der Waals surface area contributed by atoms with Crippen molar-refractivity contribution in [1.82, 2.24) is 30.7 Å². The third-order valence-corrected chi connectivity index (χ3v) is 14.6. The smallest absolute Gasteiger partial charge is 0.408 e. The topological polar surface area (TPSA) is 266 Å². The van der Waals surface area contributed by atoms with Gasteiger partial charge >= 0.3 is 12.2 Å². The molecule has 6 rings (SSSR count). The van der Waals surface area contributed by atoms with Crippen LogP contribution in [0.2, 0.25) is 5.02 Å².